The van der Waals surface area contributed by atoms with Crippen molar-refractivity contribution in [3.05, 3.63) is 66.2 Å². The van der Waals surface area contributed by atoms with Gasteiger partial charge >= 0.3 is 6.18 Å². The Morgan fingerprint density at radius 2 is 1.78 bits per heavy atom. The van der Waals surface area contributed by atoms with Crippen molar-refractivity contribution >= 4 is 11.6 Å². The molecule has 1 fully saturated rings. The lowest BCUT2D eigenvalue weighted by Gasteiger charge is -2.36. The SMILES string of the molecule is O=C(NCCCN1CCN(c2ccccc2OCC(F)(F)F)CC1)c1conc1-c1ccc(F)cc1. The fourth-order valence-electron chi connectivity index (χ4n) is 4.03. The van der Waals surface area contributed by atoms with Gasteiger partial charge in [-0.3, -0.25) is 9.69 Å². The van der Waals surface area contributed by atoms with Crippen LogP contribution in [0.5, 0.6) is 5.75 Å². The number of hydrogen-bond donors (Lipinski definition) is 1. The average Bonchev–Trinajstić information content (AvgIpc) is 3.36. The van der Waals surface area contributed by atoms with Gasteiger partial charge < -0.3 is 19.5 Å². The van der Waals surface area contributed by atoms with E-state index >= 15 is 0 Å². The molecule has 0 saturated carbocycles. The molecule has 0 atom stereocenters. The van der Waals surface area contributed by atoms with Gasteiger partial charge in [0, 0.05) is 38.3 Å². The zero-order valence-electron chi connectivity index (χ0n) is 19.4. The van der Waals surface area contributed by atoms with Gasteiger partial charge in [0.05, 0.1) is 5.69 Å². The van der Waals surface area contributed by atoms with Gasteiger partial charge in [0.1, 0.15) is 29.1 Å². The van der Waals surface area contributed by atoms with Crippen LogP contribution in [0.3, 0.4) is 0 Å². The molecule has 4 rings (SSSR count). The van der Waals surface area contributed by atoms with Gasteiger partial charge in [-0.05, 0) is 49.4 Å². The van der Waals surface area contributed by atoms with Crippen LogP contribution < -0.4 is 15.0 Å². The number of anilines is 1. The molecule has 7 nitrogen and oxygen atoms in total. The van der Waals surface area contributed by atoms with Crippen LogP contribution in [0, 0.1) is 5.82 Å². The van der Waals surface area contributed by atoms with Crippen molar-refractivity contribution < 1.29 is 31.6 Å². The molecule has 3 aromatic rings. The molecule has 0 aliphatic carbocycles. The number of carbonyl (C=O) groups is 1. The Balaban J connectivity index is 1.21. The highest BCUT2D eigenvalue weighted by Crippen LogP contribution is 2.30. The number of nitrogens with zero attached hydrogens (tertiary/aromatic N) is 3. The first kappa shape index (κ1) is 25.5. The number of alkyl halides is 3. The molecule has 2 heterocycles. The summed E-state index contributed by atoms with van der Waals surface area (Å²) >= 11 is 0. The number of benzene rings is 2. The second kappa shape index (κ2) is 11.4. The summed E-state index contributed by atoms with van der Waals surface area (Å²) < 4.78 is 60.8. The Labute approximate surface area is 205 Å². The Bertz CT molecular complexity index is 1140. The fourth-order valence-corrected chi connectivity index (χ4v) is 4.03. The molecule has 36 heavy (non-hydrogen) atoms. The van der Waals surface area contributed by atoms with Gasteiger partial charge in [-0.2, -0.15) is 13.2 Å². The molecule has 0 spiro atoms. The average molecular weight is 507 g/mol. The van der Waals surface area contributed by atoms with Crippen molar-refractivity contribution in [1.82, 2.24) is 15.4 Å². The molecule has 0 unspecified atom stereocenters. The summed E-state index contributed by atoms with van der Waals surface area (Å²) in [5.74, 6) is -0.483. The third-order valence-corrected chi connectivity index (χ3v) is 5.84. The Kier molecular flexibility index (Phi) is 8.09. The lowest BCUT2D eigenvalue weighted by molar-refractivity contribution is -0.153. The van der Waals surface area contributed by atoms with E-state index in [1.165, 1.54) is 30.5 Å². The first-order chi connectivity index (χ1) is 17.3. The second-order valence-electron chi connectivity index (χ2n) is 8.39. The molecule has 1 N–H and O–H groups in total. The fraction of sp³-hybridized carbons (Fsp3) is 0.360. The van der Waals surface area contributed by atoms with Gasteiger partial charge in [-0.15, -0.1) is 0 Å². The van der Waals surface area contributed by atoms with Crippen molar-refractivity contribution in [2.45, 2.75) is 12.6 Å². The molecule has 1 amide bonds. The minimum atomic E-state index is -4.39. The maximum Gasteiger partial charge on any atom is 0.422 e. The van der Waals surface area contributed by atoms with Gasteiger partial charge in [0.15, 0.2) is 6.61 Å². The number of hydrogen-bond acceptors (Lipinski definition) is 6. The number of ether oxygens (including phenoxy) is 1. The summed E-state index contributed by atoms with van der Waals surface area (Å²) in [7, 11) is 0. The lowest BCUT2D eigenvalue weighted by Crippen LogP contribution is -2.47. The number of halogens is 4. The van der Waals surface area contributed by atoms with E-state index in [1.807, 2.05) is 4.90 Å². The van der Waals surface area contributed by atoms with Gasteiger partial charge in [-0.1, -0.05) is 17.3 Å². The minimum absolute atomic E-state index is 0.222. The van der Waals surface area contributed by atoms with Crippen molar-refractivity contribution in [2.75, 3.05) is 50.8 Å². The molecule has 1 aliphatic heterocycles. The van der Waals surface area contributed by atoms with Crippen molar-refractivity contribution in [3.8, 4) is 17.0 Å². The van der Waals surface area contributed by atoms with Crippen LogP contribution in [0.25, 0.3) is 11.3 Å². The monoisotopic (exact) mass is 506 g/mol. The van der Waals surface area contributed by atoms with E-state index in [4.69, 9.17) is 9.26 Å². The number of para-hydroxylation sites is 2. The molecule has 1 saturated heterocycles. The molecule has 0 bridgehead atoms. The third-order valence-electron chi connectivity index (χ3n) is 5.84. The van der Waals surface area contributed by atoms with Crippen LogP contribution in [0.2, 0.25) is 0 Å². The zero-order valence-corrected chi connectivity index (χ0v) is 19.4. The van der Waals surface area contributed by atoms with E-state index in [-0.39, 0.29) is 23.0 Å². The second-order valence-corrected chi connectivity index (χ2v) is 8.39. The standard InChI is InChI=1S/C25H26F4N4O3/c26-19-8-6-18(7-9-19)23-20(16-36-31-23)24(34)30-10-3-11-32-12-14-33(15-13-32)21-4-1-2-5-22(21)35-17-25(27,28)29/h1-2,4-9,16H,3,10-15,17H2,(H,30,34). The van der Waals surface area contributed by atoms with E-state index in [1.54, 1.807) is 24.3 Å². The molecular formula is C25H26F4N4O3. The highest BCUT2D eigenvalue weighted by atomic mass is 19.4. The van der Waals surface area contributed by atoms with Crippen LogP contribution in [0.15, 0.2) is 59.3 Å². The van der Waals surface area contributed by atoms with Crippen molar-refractivity contribution in [2.24, 2.45) is 0 Å². The van der Waals surface area contributed by atoms with Gasteiger partial charge in [0.25, 0.3) is 5.91 Å². The van der Waals surface area contributed by atoms with Crippen LogP contribution >= 0.6 is 0 Å². The summed E-state index contributed by atoms with van der Waals surface area (Å²) in [6, 6.07) is 12.4. The molecule has 1 aliphatic rings. The van der Waals surface area contributed by atoms with Gasteiger partial charge in [0.2, 0.25) is 0 Å². The summed E-state index contributed by atoms with van der Waals surface area (Å²) in [6.07, 6.45) is -2.41. The van der Waals surface area contributed by atoms with Crippen molar-refractivity contribution in [1.29, 1.82) is 0 Å². The van der Waals surface area contributed by atoms with E-state index in [9.17, 15) is 22.4 Å². The predicted molar refractivity (Wildman–Crippen MR) is 125 cm³/mol. The molecule has 192 valence electrons. The maximum absolute atomic E-state index is 13.2. The smallest absolute Gasteiger partial charge is 0.422 e. The number of nitrogens with one attached hydrogen (secondary N) is 1. The Morgan fingerprint density at radius 3 is 2.50 bits per heavy atom. The van der Waals surface area contributed by atoms with Crippen LogP contribution in [-0.4, -0.2) is 68.0 Å². The highest BCUT2D eigenvalue weighted by molar-refractivity contribution is 5.99. The summed E-state index contributed by atoms with van der Waals surface area (Å²) in [6.45, 7) is 2.66. The Hall–Kier alpha value is -3.60. The number of aromatic nitrogens is 1. The minimum Gasteiger partial charge on any atom is -0.482 e. The topological polar surface area (TPSA) is 70.8 Å². The first-order valence-electron chi connectivity index (χ1n) is 11.5. The number of amides is 1. The van der Waals surface area contributed by atoms with E-state index in [2.05, 4.69) is 15.4 Å². The zero-order chi connectivity index (χ0) is 25.5. The molecular weight excluding hydrogens is 480 g/mol. The number of rotatable bonds is 9. The largest absolute Gasteiger partial charge is 0.482 e. The summed E-state index contributed by atoms with van der Waals surface area (Å²) in [4.78, 5) is 16.8. The van der Waals surface area contributed by atoms with E-state index in [0.29, 0.717) is 43.0 Å². The van der Waals surface area contributed by atoms with Gasteiger partial charge in [-0.25, -0.2) is 4.39 Å². The normalized spacial score (nSPS) is 14.6. The quantitative estimate of drug-likeness (QED) is 0.344. The lowest BCUT2D eigenvalue weighted by atomic mass is 10.1. The van der Waals surface area contributed by atoms with Crippen LogP contribution in [0.4, 0.5) is 23.2 Å². The molecule has 11 heteroatoms. The third kappa shape index (κ3) is 6.75. The van der Waals surface area contributed by atoms with Crippen LogP contribution in [0.1, 0.15) is 16.8 Å². The Morgan fingerprint density at radius 1 is 1.06 bits per heavy atom. The van der Waals surface area contributed by atoms with Crippen LogP contribution in [-0.2, 0) is 0 Å². The first-order valence-corrected chi connectivity index (χ1v) is 11.5. The molecule has 1 aromatic heterocycles. The molecule has 2 aromatic carbocycles. The van der Waals surface area contributed by atoms with E-state index in [0.717, 1.165) is 19.6 Å². The number of piperazine rings is 1. The highest BCUT2D eigenvalue weighted by Gasteiger charge is 2.29. The molecule has 0 radical (unpaired) electrons. The van der Waals surface area contributed by atoms with Crippen molar-refractivity contribution in [3.63, 3.8) is 0 Å². The predicted octanol–water partition coefficient (Wildman–Crippen LogP) is 4.36. The number of carbonyl (C=O) groups excluding carboxylic acids is 1. The van der Waals surface area contributed by atoms with E-state index < -0.39 is 12.8 Å². The maximum atomic E-state index is 13.2. The summed E-state index contributed by atoms with van der Waals surface area (Å²) in [5.41, 5.74) is 1.86. The summed E-state index contributed by atoms with van der Waals surface area (Å²) in [5, 5.41) is 6.72.